The lowest BCUT2D eigenvalue weighted by Gasteiger charge is -2.27. The number of amidine groups is 1. The van der Waals surface area contributed by atoms with Gasteiger partial charge in [0.1, 0.15) is 23.9 Å². The van der Waals surface area contributed by atoms with Gasteiger partial charge in [0.25, 0.3) is 5.91 Å². The van der Waals surface area contributed by atoms with Gasteiger partial charge in [0.15, 0.2) is 6.61 Å². The highest BCUT2D eigenvalue weighted by molar-refractivity contribution is 6.42. The summed E-state index contributed by atoms with van der Waals surface area (Å²) in [6.45, 7) is 0.0791. The number of carbonyl (C=O) groups excluding carboxylic acids is 1. The van der Waals surface area contributed by atoms with Gasteiger partial charge in [-0.05, 0) is 49.9 Å². The Hall–Kier alpha value is -1.86. The van der Waals surface area contributed by atoms with E-state index in [-0.39, 0.29) is 31.2 Å². The van der Waals surface area contributed by atoms with E-state index in [0.29, 0.717) is 37.4 Å². The number of halogens is 4. The average molecular weight is 519 g/mol. The fourth-order valence-corrected chi connectivity index (χ4v) is 3.91. The summed E-state index contributed by atoms with van der Waals surface area (Å²) in [4.78, 5) is 16.7. The van der Waals surface area contributed by atoms with Crippen molar-refractivity contribution < 1.29 is 14.3 Å². The lowest BCUT2D eigenvalue weighted by molar-refractivity contribution is -0.124. The third kappa shape index (κ3) is 7.62. The maximum absolute atomic E-state index is 12.2. The Morgan fingerprint density at radius 3 is 1.94 bits per heavy atom. The molecule has 0 spiro atoms. The summed E-state index contributed by atoms with van der Waals surface area (Å²) in [6.07, 6.45) is 3.28. The molecule has 2 aromatic carbocycles. The van der Waals surface area contributed by atoms with Crippen LogP contribution in [0.5, 0.6) is 11.5 Å². The Labute approximate surface area is 207 Å². The molecule has 1 saturated carbocycles. The van der Waals surface area contributed by atoms with E-state index in [1.165, 1.54) is 0 Å². The SMILES string of the molecule is NC(COc1ccc(Cl)c(Cl)c1)=NC1CCC(NC(=O)COc2ccc(Cl)c(Cl)c2)CC1. The molecule has 0 radical (unpaired) electrons. The topological polar surface area (TPSA) is 85.9 Å². The third-order valence-corrected chi connectivity index (χ3v) is 6.43. The quantitative estimate of drug-likeness (QED) is 0.354. The molecule has 10 heteroatoms. The van der Waals surface area contributed by atoms with Gasteiger partial charge in [-0.2, -0.15) is 0 Å². The number of rotatable bonds is 8. The predicted molar refractivity (Wildman–Crippen MR) is 130 cm³/mol. The second-order valence-corrected chi connectivity index (χ2v) is 9.05. The van der Waals surface area contributed by atoms with E-state index >= 15 is 0 Å². The summed E-state index contributed by atoms with van der Waals surface area (Å²) in [5.74, 6) is 1.30. The second kappa shape index (κ2) is 11.8. The Morgan fingerprint density at radius 1 is 0.875 bits per heavy atom. The Kier molecular flexibility index (Phi) is 9.17. The molecule has 2 aromatic rings. The van der Waals surface area contributed by atoms with E-state index in [4.69, 9.17) is 61.6 Å². The van der Waals surface area contributed by atoms with Crippen LogP contribution in [0.2, 0.25) is 20.1 Å². The summed E-state index contributed by atoms with van der Waals surface area (Å²) in [5, 5.41) is 4.69. The normalized spacial score (nSPS) is 18.8. The zero-order valence-electron chi connectivity index (χ0n) is 17.1. The van der Waals surface area contributed by atoms with Crippen molar-refractivity contribution in [2.24, 2.45) is 10.7 Å². The Bertz CT molecular complexity index is 979. The molecule has 0 unspecified atom stereocenters. The first-order valence-electron chi connectivity index (χ1n) is 10.1. The van der Waals surface area contributed by atoms with Gasteiger partial charge < -0.3 is 20.5 Å². The first kappa shape index (κ1) is 24.8. The minimum Gasteiger partial charge on any atom is -0.486 e. The van der Waals surface area contributed by atoms with E-state index in [9.17, 15) is 4.79 Å². The molecule has 3 N–H and O–H groups in total. The van der Waals surface area contributed by atoms with Crippen LogP contribution in [0.3, 0.4) is 0 Å². The summed E-state index contributed by atoms with van der Waals surface area (Å²) in [6, 6.07) is 10.1. The van der Waals surface area contributed by atoms with Crippen molar-refractivity contribution in [1.82, 2.24) is 5.32 Å². The van der Waals surface area contributed by atoms with E-state index < -0.39 is 0 Å². The van der Waals surface area contributed by atoms with Gasteiger partial charge in [-0.15, -0.1) is 0 Å². The number of ether oxygens (including phenoxy) is 2. The number of nitrogens with zero attached hydrogens (tertiary/aromatic N) is 1. The van der Waals surface area contributed by atoms with Crippen molar-refractivity contribution in [1.29, 1.82) is 0 Å². The van der Waals surface area contributed by atoms with Crippen LogP contribution in [0.15, 0.2) is 41.4 Å². The summed E-state index contributed by atoms with van der Waals surface area (Å²) < 4.78 is 11.1. The lowest BCUT2D eigenvalue weighted by atomic mass is 9.91. The van der Waals surface area contributed by atoms with Crippen molar-refractivity contribution in [3.8, 4) is 11.5 Å². The highest BCUT2D eigenvalue weighted by Gasteiger charge is 2.22. The minimum absolute atomic E-state index is 0.0834. The Balaban J connectivity index is 1.37. The highest BCUT2D eigenvalue weighted by atomic mass is 35.5. The number of aliphatic imine (C=N–C) groups is 1. The Morgan fingerprint density at radius 2 is 1.41 bits per heavy atom. The minimum atomic E-state index is -0.183. The molecule has 0 bridgehead atoms. The number of nitrogens with two attached hydrogens (primary N) is 1. The van der Waals surface area contributed by atoms with Gasteiger partial charge in [-0.1, -0.05) is 46.4 Å². The fourth-order valence-electron chi connectivity index (χ4n) is 3.33. The van der Waals surface area contributed by atoms with Gasteiger partial charge in [-0.3, -0.25) is 9.79 Å². The standard InChI is InChI=1S/C22H23Cl4N3O3/c23-17-7-5-15(9-19(17)25)31-11-21(27)28-13-1-3-14(4-2-13)29-22(30)12-32-16-6-8-18(24)20(26)10-16/h5-10,13-14H,1-4,11-12H2,(H2,27,28)(H,29,30). The monoisotopic (exact) mass is 517 g/mol. The largest absolute Gasteiger partial charge is 0.486 e. The molecule has 0 aliphatic heterocycles. The molecule has 0 saturated heterocycles. The molecular formula is C22H23Cl4N3O3. The van der Waals surface area contributed by atoms with E-state index in [1.807, 2.05) is 0 Å². The maximum atomic E-state index is 12.2. The van der Waals surface area contributed by atoms with Crippen molar-refractivity contribution in [3.05, 3.63) is 56.5 Å². The molecule has 1 amide bonds. The van der Waals surface area contributed by atoms with Crippen LogP contribution in [0.1, 0.15) is 25.7 Å². The molecule has 1 fully saturated rings. The van der Waals surface area contributed by atoms with Crippen LogP contribution in [0.4, 0.5) is 0 Å². The fraction of sp³-hybridized carbons (Fsp3) is 0.364. The van der Waals surface area contributed by atoms with Crippen LogP contribution in [0, 0.1) is 0 Å². The highest BCUT2D eigenvalue weighted by Crippen LogP contribution is 2.27. The van der Waals surface area contributed by atoms with E-state index in [2.05, 4.69) is 10.3 Å². The van der Waals surface area contributed by atoms with Gasteiger partial charge >= 0.3 is 0 Å². The summed E-state index contributed by atoms with van der Waals surface area (Å²) in [5.41, 5.74) is 6.01. The first-order chi connectivity index (χ1) is 15.3. The lowest BCUT2D eigenvalue weighted by Crippen LogP contribution is -2.41. The van der Waals surface area contributed by atoms with E-state index in [0.717, 1.165) is 25.7 Å². The van der Waals surface area contributed by atoms with Crippen LogP contribution >= 0.6 is 46.4 Å². The smallest absolute Gasteiger partial charge is 0.258 e. The average Bonchev–Trinajstić information content (AvgIpc) is 2.77. The van der Waals surface area contributed by atoms with Gasteiger partial charge in [0, 0.05) is 18.2 Å². The van der Waals surface area contributed by atoms with Crippen molar-refractivity contribution in [2.75, 3.05) is 13.2 Å². The molecule has 172 valence electrons. The van der Waals surface area contributed by atoms with Crippen LogP contribution < -0.4 is 20.5 Å². The molecule has 32 heavy (non-hydrogen) atoms. The molecule has 3 rings (SSSR count). The number of hydrogen-bond donors (Lipinski definition) is 2. The number of benzene rings is 2. The predicted octanol–water partition coefficient (Wildman–Crippen LogP) is 5.54. The molecule has 6 nitrogen and oxygen atoms in total. The molecule has 1 aliphatic carbocycles. The van der Waals surface area contributed by atoms with Crippen LogP contribution in [-0.2, 0) is 4.79 Å². The number of carbonyl (C=O) groups is 1. The third-order valence-electron chi connectivity index (χ3n) is 4.95. The summed E-state index contributed by atoms with van der Waals surface area (Å²) in [7, 11) is 0. The molecular weight excluding hydrogens is 496 g/mol. The molecule has 0 heterocycles. The number of hydrogen-bond acceptors (Lipinski definition) is 4. The molecule has 1 aliphatic rings. The number of nitrogens with one attached hydrogen (secondary N) is 1. The van der Waals surface area contributed by atoms with Crippen LogP contribution in [-0.4, -0.2) is 37.0 Å². The zero-order valence-corrected chi connectivity index (χ0v) is 20.1. The van der Waals surface area contributed by atoms with Crippen molar-refractivity contribution >= 4 is 58.1 Å². The van der Waals surface area contributed by atoms with Crippen LogP contribution in [0.25, 0.3) is 0 Å². The summed E-state index contributed by atoms with van der Waals surface area (Å²) >= 11 is 23.7. The maximum Gasteiger partial charge on any atom is 0.258 e. The zero-order chi connectivity index (χ0) is 23.1. The van der Waals surface area contributed by atoms with Gasteiger partial charge in [0.05, 0.1) is 26.1 Å². The molecule has 0 atom stereocenters. The van der Waals surface area contributed by atoms with Gasteiger partial charge in [-0.25, -0.2) is 0 Å². The first-order valence-corrected chi connectivity index (χ1v) is 11.6. The molecule has 0 aromatic heterocycles. The van der Waals surface area contributed by atoms with Gasteiger partial charge in [0.2, 0.25) is 0 Å². The van der Waals surface area contributed by atoms with Crippen molar-refractivity contribution in [2.45, 2.75) is 37.8 Å². The van der Waals surface area contributed by atoms with Crippen molar-refractivity contribution in [3.63, 3.8) is 0 Å². The number of amides is 1. The van der Waals surface area contributed by atoms with E-state index in [1.54, 1.807) is 36.4 Å². The second-order valence-electron chi connectivity index (χ2n) is 7.42.